The van der Waals surface area contributed by atoms with E-state index in [4.69, 9.17) is 9.47 Å². The topological polar surface area (TPSA) is 38.8 Å². The number of carbonyl (C=O) groups excluding carboxylic acids is 1. The fourth-order valence-corrected chi connectivity index (χ4v) is 10.0. The maximum atomic E-state index is 11.6. The molecular weight excluding hydrogens is 408 g/mol. The van der Waals surface area contributed by atoms with Crippen molar-refractivity contribution in [1.29, 1.82) is 0 Å². The van der Waals surface area contributed by atoms with Crippen LogP contribution < -0.4 is 0 Å². The van der Waals surface area contributed by atoms with Gasteiger partial charge in [-0.2, -0.15) is 0 Å². The first-order valence-corrected chi connectivity index (χ1v) is 14.4. The third kappa shape index (κ3) is 3.56. The molecule has 1 spiro atoms. The van der Waals surface area contributed by atoms with Crippen molar-refractivity contribution in [2.45, 2.75) is 130 Å². The van der Waals surface area contributed by atoms with Crippen molar-refractivity contribution in [1.82, 2.24) is 0 Å². The van der Waals surface area contributed by atoms with Gasteiger partial charge in [0, 0.05) is 12.3 Å². The predicted molar refractivity (Wildman–Crippen MR) is 133 cm³/mol. The molecule has 33 heavy (non-hydrogen) atoms. The number of fused-ring (bicyclic) bond motifs is 3. The second-order valence-electron chi connectivity index (χ2n) is 14.0. The highest BCUT2D eigenvalue weighted by Gasteiger charge is 2.79. The van der Waals surface area contributed by atoms with Crippen LogP contribution in [0.1, 0.15) is 113 Å². The van der Waals surface area contributed by atoms with Crippen LogP contribution in [0.15, 0.2) is 0 Å². The molecule has 3 nitrogen and oxygen atoms in total. The van der Waals surface area contributed by atoms with Gasteiger partial charge in [-0.25, -0.2) is 0 Å². The fraction of sp³-hybridized carbons (Fsp3) is 0.967. The van der Waals surface area contributed by atoms with Crippen LogP contribution in [0, 0.1) is 52.3 Å². The summed E-state index contributed by atoms with van der Waals surface area (Å²) in [4.78, 5) is 11.6. The lowest BCUT2D eigenvalue weighted by Crippen LogP contribution is -2.60. The van der Waals surface area contributed by atoms with Gasteiger partial charge in [0.15, 0.2) is 0 Å². The summed E-state index contributed by atoms with van der Waals surface area (Å²) in [6.07, 6.45) is 13.4. The minimum absolute atomic E-state index is 0.113. The van der Waals surface area contributed by atoms with Gasteiger partial charge in [-0.15, -0.1) is 0 Å². The minimum atomic E-state index is -0.113. The Kier molecular flexibility index (Phi) is 6.03. The molecule has 0 unspecified atom stereocenters. The maximum absolute atomic E-state index is 11.6. The monoisotopic (exact) mass is 458 g/mol. The van der Waals surface area contributed by atoms with E-state index in [1.54, 1.807) is 6.92 Å². The number of esters is 1. The number of carbonyl (C=O) groups is 1. The van der Waals surface area contributed by atoms with Crippen LogP contribution in [0.3, 0.4) is 0 Å². The molecule has 1 saturated heterocycles. The van der Waals surface area contributed by atoms with E-state index in [1.165, 1.54) is 51.4 Å². The highest BCUT2D eigenvalue weighted by molar-refractivity contribution is 5.66. The van der Waals surface area contributed by atoms with Crippen LogP contribution >= 0.6 is 0 Å². The molecule has 3 heteroatoms. The molecule has 0 N–H and O–H groups in total. The molecule has 0 aromatic carbocycles. The Morgan fingerprint density at radius 2 is 1.73 bits per heavy atom. The second-order valence-corrected chi connectivity index (χ2v) is 14.0. The van der Waals surface area contributed by atoms with Crippen LogP contribution in [0.25, 0.3) is 0 Å². The highest BCUT2D eigenvalue weighted by Crippen LogP contribution is 2.77. The van der Waals surface area contributed by atoms with E-state index >= 15 is 0 Å². The summed E-state index contributed by atoms with van der Waals surface area (Å²) >= 11 is 0. The number of hydrogen-bond donors (Lipinski definition) is 0. The molecule has 4 aliphatic carbocycles. The molecule has 4 saturated carbocycles. The van der Waals surface area contributed by atoms with E-state index < -0.39 is 0 Å². The zero-order chi connectivity index (χ0) is 23.8. The fourth-order valence-electron chi connectivity index (χ4n) is 10.0. The zero-order valence-corrected chi connectivity index (χ0v) is 22.5. The first-order valence-electron chi connectivity index (χ1n) is 14.4. The molecule has 5 fully saturated rings. The molecule has 0 amide bonds. The van der Waals surface area contributed by atoms with Crippen molar-refractivity contribution < 1.29 is 14.3 Å². The molecule has 0 bridgehead atoms. The summed E-state index contributed by atoms with van der Waals surface area (Å²) < 4.78 is 12.6. The lowest BCUT2D eigenvalue weighted by molar-refractivity contribution is -0.159. The second kappa shape index (κ2) is 8.24. The third-order valence-electron chi connectivity index (χ3n) is 12.3. The summed E-state index contributed by atoms with van der Waals surface area (Å²) in [7, 11) is 0. The van der Waals surface area contributed by atoms with E-state index in [2.05, 4.69) is 41.5 Å². The van der Waals surface area contributed by atoms with Gasteiger partial charge in [0.2, 0.25) is 0 Å². The third-order valence-corrected chi connectivity index (χ3v) is 12.3. The van der Waals surface area contributed by atoms with E-state index in [-0.39, 0.29) is 23.1 Å². The van der Waals surface area contributed by atoms with Crippen molar-refractivity contribution in [2.75, 3.05) is 0 Å². The normalized spacial score (nSPS) is 49.9. The molecule has 5 aliphatic rings. The molecule has 0 radical (unpaired) electrons. The van der Waals surface area contributed by atoms with Gasteiger partial charge in [0.25, 0.3) is 0 Å². The summed E-state index contributed by atoms with van der Waals surface area (Å²) in [5.41, 5.74) is 0.870. The average molecular weight is 459 g/mol. The largest absolute Gasteiger partial charge is 0.463 e. The zero-order valence-electron chi connectivity index (χ0n) is 22.5. The Bertz CT molecular complexity index is 762. The van der Waals surface area contributed by atoms with Gasteiger partial charge < -0.3 is 9.47 Å². The maximum Gasteiger partial charge on any atom is 0.302 e. The van der Waals surface area contributed by atoms with E-state index in [0.29, 0.717) is 17.4 Å². The van der Waals surface area contributed by atoms with Crippen molar-refractivity contribution in [3.8, 4) is 0 Å². The predicted octanol–water partition coefficient (Wildman–Crippen LogP) is 7.42. The van der Waals surface area contributed by atoms with E-state index in [1.807, 2.05) is 0 Å². The molecule has 5 rings (SSSR count). The van der Waals surface area contributed by atoms with Crippen LogP contribution in [-0.4, -0.2) is 23.8 Å². The van der Waals surface area contributed by atoms with Crippen LogP contribution in [0.4, 0.5) is 0 Å². The van der Waals surface area contributed by atoms with Gasteiger partial charge in [0.05, 0.1) is 6.10 Å². The number of ether oxygens (including phenoxy) is 2. The first-order chi connectivity index (χ1) is 15.5. The summed E-state index contributed by atoms with van der Waals surface area (Å²) in [5, 5.41) is 0. The Hall–Kier alpha value is -0.570. The molecule has 0 aromatic heterocycles. The lowest BCUT2D eigenvalue weighted by atomic mass is 9.44. The molecule has 11 atom stereocenters. The van der Waals surface area contributed by atoms with Crippen LogP contribution in [0.2, 0.25) is 0 Å². The highest BCUT2D eigenvalue weighted by atomic mass is 16.6. The van der Waals surface area contributed by atoms with Gasteiger partial charge in [-0.05, 0) is 98.2 Å². The lowest BCUT2D eigenvalue weighted by Gasteiger charge is -2.59. The average Bonchev–Trinajstić information content (AvgIpc) is 3.36. The molecular formula is C30H50O3. The Morgan fingerprint density at radius 1 is 1.00 bits per heavy atom. The van der Waals surface area contributed by atoms with Crippen LogP contribution in [-0.2, 0) is 14.3 Å². The number of epoxide rings is 1. The van der Waals surface area contributed by atoms with E-state index in [0.717, 1.165) is 48.3 Å². The Labute approximate surface area is 203 Å². The summed E-state index contributed by atoms with van der Waals surface area (Å²) in [6.45, 7) is 16.5. The van der Waals surface area contributed by atoms with Gasteiger partial charge in [-0.1, -0.05) is 54.4 Å². The number of rotatable bonds is 6. The van der Waals surface area contributed by atoms with Crippen molar-refractivity contribution in [2.24, 2.45) is 52.3 Å². The van der Waals surface area contributed by atoms with Gasteiger partial charge in [-0.3, -0.25) is 4.79 Å². The SMILES string of the molecule is CC(=O)O[C@@H]1CC[C@]2(C)[C@@H](CC[C@@H]3[C@@H]4CC[C@@H]([C@H](C)CC[C@H](C)C(C)C)[C@]4(C)C[C@H]4O[C@@]342)C1. The van der Waals surface area contributed by atoms with Crippen LogP contribution in [0.5, 0.6) is 0 Å². The van der Waals surface area contributed by atoms with Crippen molar-refractivity contribution in [3.05, 3.63) is 0 Å². The standard InChI is InChI=1S/C30H50O3/c1-18(2)19(3)8-9-20(4)24-12-13-25-26-11-10-22-16-23(32-21(5)31)14-15-29(22,7)30(26)27(33-30)17-28(24,25)6/h18-20,22-27H,8-17H2,1-7H3/t19-,20+,22-,23+,24-,25-,26+,27+,28-,29+,30-/m0/s1. The molecule has 1 aliphatic heterocycles. The first kappa shape index (κ1) is 24.1. The van der Waals surface area contributed by atoms with Gasteiger partial charge >= 0.3 is 5.97 Å². The molecule has 1 heterocycles. The molecule has 0 aromatic rings. The quantitative estimate of drug-likeness (QED) is 0.307. The summed E-state index contributed by atoms with van der Waals surface area (Å²) in [6, 6.07) is 0. The van der Waals surface area contributed by atoms with Crippen molar-refractivity contribution >= 4 is 5.97 Å². The minimum Gasteiger partial charge on any atom is -0.463 e. The summed E-state index contributed by atoms with van der Waals surface area (Å²) in [5.74, 6) is 5.46. The molecule has 188 valence electrons. The Morgan fingerprint density at radius 3 is 2.42 bits per heavy atom. The number of hydrogen-bond acceptors (Lipinski definition) is 3. The van der Waals surface area contributed by atoms with Crippen molar-refractivity contribution in [3.63, 3.8) is 0 Å². The Balaban J connectivity index is 1.31. The van der Waals surface area contributed by atoms with Gasteiger partial charge in [0.1, 0.15) is 11.7 Å². The van der Waals surface area contributed by atoms with E-state index in [9.17, 15) is 4.79 Å². The smallest absolute Gasteiger partial charge is 0.302 e.